The third-order valence-electron chi connectivity index (χ3n) is 8.66. The molecule has 0 N–H and O–H groups in total. The number of Topliss-reactive ketones (excluding diaryl/α,β-unsaturated/α-hetero) is 1. The predicted octanol–water partition coefficient (Wildman–Crippen LogP) is 4.89. The molecule has 1 aromatic heterocycles. The van der Waals surface area contributed by atoms with Crippen LogP contribution in [0.15, 0.2) is 36.0 Å². The van der Waals surface area contributed by atoms with Gasteiger partial charge in [-0.2, -0.15) is 5.26 Å². The van der Waals surface area contributed by atoms with Crippen LogP contribution in [-0.4, -0.2) is 47.9 Å². The standard InChI is InChI=1S/C29H32N4O/c1-29(2)24-16-26(33-12-8-21(9-13-33)32-10-4-3-5-11-32)31-18-23(24)28(34)27-22-7-6-19(17-30)14-20(22)15-25(27)29/h6-7,14,16,18,21H,3-5,8-13,15H2,1-2H3. The van der Waals surface area contributed by atoms with E-state index < -0.39 is 0 Å². The predicted molar refractivity (Wildman–Crippen MR) is 134 cm³/mol. The van der Waals surface area contributed by atoms with E-state index in [4.69, 9.17) is 4.98 Å². The lowest BCUT2D eigenvalue weighted by atomic mass is 9.69. The van der Waals surface area contributed by atoms with Crippen LogP contribution in [0.5, 0.6) is 0 Å². The van der Waals surface area contributed by atoms with Crippen molar-refractivity contribution in [1.29, 1.82) is 5.26 Å². The highest BCUT2D eigenvalue weighted by molar-refractivity contribution is 6.32. The largest absolute Gasteiger partial charge is 0.356 e. The average Bonchev–Trinajstić information content (AvgIpc) is 3.28. The molecule has 5 nitrogen and oxygen atoms in total. The Morgan fingerprint density at radius 1 is 1.03 bits per heavy atom. The number of piperidine rings is 2. The van der Waals surface area contributed by atoms with Crippen LogP contribution in [0, 0.1) is 11.3 Å². The summed E-state index contributed by atoms with van der Waals surface area (Å²) >= 11 is 0. The van der Waals surface area contributed by atoms with Gasteiger partial charge in [0, 0.05) is 41.9 Å². The lowest BCUT2D eigenvalue weighted by Crippen LogP contribution is -2.47. The molecule has 2 saturated heterocycles. The highest BCUT2D eigenvalue weighted by Gasteiger charge is 2.43. The van der Waals surface area contributed by atoms with Crippen molar-refractivity contribution < 1.29 is 4.79 Å². The van der Waals surface area contributed by atoms with E-state index in [0.717, 1.165) is 53.2 Å². The Labute approximate surface area is 202 Å². The third-order valence-corrected chi connectivity index (χ3v) is 8.66. The minimum Gasteiger partial charge on any atom is -0.356 e. The first-order valence-electron chi connectivity index (χ1n) is 12.8. The minimum absolute atomic E-state index is 0.0793. The topological polar surface area (TPSA) is 60.2 Å². The number of allylic oxidation sites excluding steroid dienone is 2. The van der Waals surface area contributed by atoms with Gasteiger partial charge in [-0.15, -0.1) is 0 Å². The number of carbonyl (C=O) groups is 1. The molecule has 0 saturated carbocycles. The molecule has 4 aliphatic rings. The molecule has 0 radical (unpaired) electrons. The highest BCUT2D eigenvalue weighted by atomic mass is 16.1. The summed E-state index contributed by atoms with van der Waals surface area (Å²) < 4.78 is 0. The number of carbonyl (C=O) groups excluding carboxylic acids is 1. The van der Waals surface area contributed by atoms with E-state index in [0.29, 0.717) is 11.6 Å². The van der Waals surface area contributed by atoms with E-state index in [-0.39, 0.29) is 11.2 Å². The normalized spacial score (nSPS) is 22.3. The maximum atomic E-state index is 13.6. The minimum atomic E-state index is -0.256. The molecule has 2 aliphatic heterocycles. The van der Waals surface area contributed by atoms with Gasteiger partial charge in [0.1, 0.15) is 5.82 Å². The first-order valence-corrected chi connectivity index (χ1v) is 12.8. The van der Waals surface area contributed by atoms with Crippen LogP contribution >= 0.6 is 0 Å². The number of benzene rings is 1. The molecule has 6 rings (SSSR count). The second-order valence-electron chi connectivity index (χ2n) is 10.9. The molecular weight excluding hydrogens is 420 g/mol. The first kappa shape index (κ1) is 21.6. The van der Waals surface area contributed by atoms with Crippen molar-refractivity contribution in [2.45, 2.75) is 63.8 Å². The van der Waals surface area contributed by atoms with E-state index in [1.54, 1.807) is 0 Å². The van der Waals surface area contributed by atoms with E-state index in [1.165, 1.54) is 50.8 Å². The molecule has 3 heterocycles. The molecule has 0 amide bonds. The van der Waals surface area contributed by atoms with Crippen LogP contribution in [0.4, 0.5) is 5.82 Å². The Morgan fingerprint density at radius 2 is 1.79 bits per heavy atom. The lowest BCUT2D eigenvalue weighted by molar-refractivity contribution is 0.105. The summed E-state index contributed by atoms with van der Waals surface area (Å²) in [5, 5.41) is 9.32. The Kier molecular flexibility index (Phi) is 5.11. The molecule has 2 aromatic rings. The SMILES string of the molecule is CC1(C)C2=C(C(=O)c3cnc(N4CCC(N5CCCCC5)CC4)cc31)c1ccc(C#N)cc1C2. The van der Waals surface area contributed by atoms with Crippen molar-refractivity contribution in [2.75, 3.05) is 31.1 Å². The Balaban J connectivity index is 1.27. The Bertz CT molecular complexity index is 1240. The molecule has 5 heteroatoms. The van der Waals surface area contributed by atoms with E-state index in [1.807, 2.05) is 24.4 Å². The second-order valence-corrected chi connectivity index (χ2v) is 10.9. The van der Waals surface area contributed by atoms with Crippen molar-refractivity contribution in [3.8, 4) is 6.07 Å². The van der Waals surface area contributed by atoms with E-state index in [9.17, 15) is 10.1 Å². The molecule has 0 atom stereocenters. The molecule has 174 valence electrons. The van der Waals surface area contributed by atoms with E-state index >= 15 is 0 Å². The van der Waals surface area contributed by atoms with Crippen LogP contribution in [0.1, 0.15) is 78.6 Å². The number of rotatable bonds is 2. The van der Waals surface area contributed by atoms with Crippen molar-refractivity contribution >= 4 is 17.2 Å². The zero-order valence-electron chi connectivity index (χ0n) is 20.2. The third kappa shape index (κ3) is 3.31. The molecular formula is C29H32N4O. The van der Waals surface area contributed by atoms with Gasteiger partial charge in [-0.1, -0.05) is 26.3 Å². The monoisotopic (exact) mass is 452 g/mol. The molecule has 34 heavy (non-hydrogen) atoms. The summed E-state index contributed by atoms with van der Waals surface area (Å²) in [5.41, 5.74) is 6.30. The molecule has 2 fully saturated rings. The number of fused-ring (bicyclic) bond motifs is 3. The Morgan fingerprint density at radius 3 is 2.53 bits per heavy atom. The number of pyridine rings is 1. The number of ketones is 1. The van der Waals surface area contributed by atoms with Crippen molar-refractivity contribution in [2.24, 2.45) is 0 Å². The summed E-state index contributed by atoms with van der Waals surface area (Å²) in [4.78, 5) is 23.5. The number of aromatic nitrogens is 1. The first-order chi connectivity index (χ1) is 16.5. The fourth-order valence-electron chi connectivity index (χ4n) is 6.64. The average molecular weight is 453 g/mol. The van der Waals surface area contributed by atoms with Crippen LogP contribution in [0.25, 0.3) is 5.57 Å². The van der Waals surface area contributed by atoms with Gasteiger partial charge in [0.15, 0.2) is 5.78 Å². The fraction of sp³-hybridized carbons (Fsp3) is 0.483. The highest BCUT2D eigenvalue weighted by Crippen LogP contribution is 2.50. The number of anilines is 1. The number of nitriles is 1. The van der Waals surface area contributed by atoms with Gasteiger partial charge in [-0.25, -0.2) is 4.98 Å². The van der Waals surface area contributed by atoms with Gasteiger partial charge in [0.05, 0.1) is 11.6 Å². The van der Waals surface area contributed by atoms with Crippen molar-refractivity contribution in [1.82, 2.24) is 9.88 Å². The lowest BCUT2D eigenvalue weighted by Gasteiger charge is -2.41. The van der Waals surface area contributed by atoms with Gasteiger partial charge in [-0.05, 0) is 85.7 Å². The van der Waals surface area contributed by atoms with Gasteiger partial charge in [0.25, 0.3) is 0 Å². The number of nitrogens with zero attached hydrogens (tertiary/aromatic N) is 4. The van der Waals surface area contributed by atoms with Crippen LogP contribution in [-0.2, 0) is 11.8 Å². The van der Waals surface area contributed by atoms with Crippen molar-refractivity contribution in [3.05, 3.63) is 63.9 Å². The summed E-state index contributed by atoms with van der Waals surface area (Å²) in [6.45, 7) is 9.03. The smallest absolute Gasteiger partial charge is 0.195 e. The van der Waals surface area contributed by atoms with Crippen molar-refractivity contribution in [3.63, 3.8) is 0 Å². The molecule has 0 unspecified atom stereocenters. The molecule has 2 aliphatic carbocycles. The van der Waals surface area contributed by atoms with Crippen LogP contribution in [0.2, 0.25) is 0 Å². The van der Waals surface area contributed by atoms with Gasteiger partial charge in [0.2, 0.25) is 0 Å². The zero-order chi connectivity index (χ0) is 23.4. The zero-order valence-corrected chi connectivity index (χ0v) is 20.2. The van der Waals surface area contributed by atoms with Crippen LogP contribution in [0.3, 0.4) is 0 Å². The molecule has 0 spiro atoms. The summed E-state index contributed by atoms with van der Waals surface area (Å²) in [5.74, 6) is 1.08. The summed E-state index contributed by atoms with van der Waals surface area (Å²) in [6.07, 6.45) is 8.99. The Hall–Kier alpha value is -2.97. The molecule has 1 aromatic carbocycles. The summed E-state index contributed by atoms with van der Waals surface area (Å²) in [7, 11) is 0. The van der Waals surface area contributed by atoms with Gasteiger partial charge >= 0.3 is 0 Å². The van der Waals surface area contributed by atoms with Crippen LogP contribution < -0.4 is 4.90 Å². The van der Waals surface area contributed by atoms with E-state index in [2.05, 4.69) is 35.8 Å². The maximum absolute atomic E-state index is 13.6. The number of hydrogen-bond donors (Lipinski definition) is 0. The molecule has 0 bridgehead atoms. The van der Waals surface area contributed by atoms with Gasteiger partial charge < -0.3 is 9.80 Å². The van der Waals surface area contributed by atoms with Gasteiger partial charge in [-0.3, -0.25) is 4.79 Å². The number of hydrogen-bond acceptors (Lipinski definition) is 5. The fourth-order valence-corrected chi connectivity index (χ4v) is 6.64. The summed E-state index contributed by atoms with van der Waals surface area (Å²) in [6, 6.07) is 10.8. The maximum Gasteiger partial charge on any atom is 0.195 e. The number of likely N-dealkylation sites (tertiary alicyclic amines) is 1. The second kappa shape index (κ2) is 8.06. The quantitative estimate of drug-likeness (QED) is 0.649.